The van der Waals surface area contributed by atoms with Crippen LogP contribution in [0.15, 0.2) is 0 Å². The fraction of sp³-hybridized carbons (Fsp3) is 0.846. The molecule has 0 aromatic heterocycles. The molecule has 1 aliphatic rings. The maximum atomic E-state index is 5.20. The number of terminal acetylenes is 1. The lowest BCUT2D eigenvalue weighted by molar-refractivity contribution is 0.216. The molecule has 0 unspecified atom stereocenters. The summed E-state index contributed by atoms with van der Waals surface area (Å²) in [6, 6.07) is 0. The largest absolute Gasteiger partial charge is 0.316 e. The molecule has 0 aliphatic carbocycles. The van der Waals surface area contributed by atoms with Gasteiger partial charge in [0.1, 0.15) is 0 Å². The number of rotatable bonds is 6. The highest BCUT2D eigenvalue weighted by atomic mass is 15.1. The summed E-state index contributed by atoms with van der Waals surface area (Å²) in [5.41, 5.74) is 0. The van der Waals surface area contributed by atoms with Crippen LogP contribution in [0.2, 0.25) is 0 Å². The minimum atomic E-state index is 0.897. The lowest BCUT2D eigenvalue weighted by atomic mass is 9.97. The number of nitrogens with one attached hydrogen (secondary N) is 1. The quantitative estimate of drug-likeness (QED) is 0.528. The summed E-state index contributed by atoms with van der Waals surface area (Å²) in [5, 5.41) is 3.54. The molecule has 0 bridgehead atoms. The topological polar surface area (TPSA) is 15.3 Å². The molecule has 0 spiro atoms. The maximum absolute atomic E-state index is 5.20. The van der Waals surface area contributed by atoms with Crippen molar-refractivity contribution < 1.29 is 0 Å². The number of nitrogens with zero attached hydrogens (tertiary/aromatic N) is 1. The van der Waals surface area contributed by atoms with Crippen LogP contribution in [-0.2, 0) is 0 Å². The van der Waals surface area contributed by atoms with Gasteiger partial charge < -0.3 is 10.2 Å². The van der Waals surface area contributed by atoms with Crippen LogP contribution in [0.1, 0.15) is 32.1 Å². The Balaban J connectivity index is 1.90. The van der Waals surface area contributed by atoms with Gasteiger partial charge >= 0.3 is 0 Å². The number of unbranched alkanes of at least 4 members (excludes halogenated alkanes) is 2. The van der Waals surface area contributed by atoms with Gasteiger partial charge in [0.2, 0.25) is 0 Å². The van der Waals surface area contributed by atoms with Gasteiger partial charge in [0.15, 0.2) is 0 Å². The number of hydrogen-bond acceptors (Lipinski definition) is 2. The second kappa shape index (κ2) is 7.73. The Morgan fingerprint density at radius 2 is 2.07 bits per heavy atom. The Morgan fingerprint density at radius 3 is 2.73 bits per heavy atom. The second-order valence-corrected chi connectivity index (χ2v) is 4.61. The van der Waals surface area contributed by atoms with E-state index in [9.17, 15) is 0 Å². The normalized spacial score (nSPS) is 18.9. The second-order valence-electron chi connectivity index (χ2n) is 4.61. The summed E-state index contributed by atoms with van der Waals surface area (Å²) < 4.78 is 0. The molecule has 0 amide bonds. The third-order valence-corrected chi connectivity index (χ3v) is 3.20. The molecule has 1 saturated heterocycles. The van der Waals surface area contributed by atoms with Gasteiger partial charge in [-0.1, -0.05) is 0 Å². The van der Waals surface area contributed by atoms with E-state index in [1.807, 2.05) is 0 Å². The van der Waals surface area contributed by atoms with E-state index in [0.29, 0.717) is 0 Å². The Labute approximate surface area is 94.4 Å². The summed E-state index contributed by atoms with van der Waals surface area (Å²) in [7, 11) is 2.21. The zero-order valence-electron chi connectivity index (χ0n) is 9.97. The molecular weight excluding hydrogens is 184 g/mol. The highest BCUT2D eigenvalue weighted by Crippen LogP contribution is 2.14. The Hall–Kier alpha value is -0.520. The van der Waals surface area contributed by atoms with Crippen molar-refractivity contribution >= 4 is 0 Å². The molecule has 15 heavy (non-hydrogen) atoms. The minimum absolute atomic E-state index is 0.897. The first-order valence-corrected chi connectivity index (χ1v) is 6.15. The summed E-state index contributed by atoms with van der Waals surface area (Å²) in [6.07, 6.45) is 11.2. The van der Waals surface area contributed by atoms with E-state index in [1.165, 1.54) is 38.9 Å². The molecule has 0 aromatic rings. The molecule has 1 aliphatic heterocycles. The SMILES string of the molecule is C#CCCCCNCC1CCN(C)CC1. The van der Waals surface area contributed by atoms with E-state index < -0.39 is 0 Å². The molecule has 2 heteroatoms. The minimum Gasteiger partial charge on any atom is -0.316 e. The molecule has 0 aromatic carbocycles. The van der Waals surface area contributed by atoms with Crippen LogP contribution in [0.3, 0.4) is 0 Å². The van der Waals surface area contributed by atoms with E-state index in [1.54, 1.807) is 0 Å². The van der Waals surface area contributed by atoms with E-state index in [0.717, 1.165) is 25.3 Å². The third-order valence-electron chi connectivity index (χ3n) is 3.20. The average Bonchev–Trinajstić information content (AvgIpc) is 2.26. The van der Waals surface area contributed by atoms with Crippen LogP contribution >= 0.6 is 0 Å². The number of piperidine rings is 1. The third kappa shape index (κ3) is 5.81. The summed E-state index contributed by atoms with van der Waals surface area (Å²) in [6.45, 7) is 4.87. The molecule has 0 saturated carbocycles. The average molecular weight is 208 g/mol. The van der Waals surface area contributed by atoms with Crippen molar-refractivity contribution in [2.24, 2.45) is 5.92 Å². The Morgan fingerprint density at radius 1 is 1.33 bits per heavy atom. The zero-order valence-corrected chi connectivity index (χ0v) is 9.97. The Bertz CT molecular complexity index is 187. The molecule has 0 atom stereocenters. The van der Waals surface area contributed by atoms with Crippen LogP contribution in [0.5, 0.6) is 0 Å². The lowest BCUT2D eigenvalue weighted by Crippen LogP contribution is -2.35. The highest BCUT2D eigenvalue weighted by molar-refractivity contribution is 4.82. The standard InChI is InChI=1S/C13H24N2/c1-3-4-5-6-9-14-12-13-7-10-15(2)11-8-13/h1,13-14H,4-12H2,2H3. The van der Waals surface area contributed by atoms with Gasteiger partial charge in [0.25, 0.3) is 0 Å². The van der Waals surface area contributed by atoms with Crippen molar-refractivity contribution in [3.63, 3.8) is 0 Å². The molecule has 2 nitrogen and oxygen atoms in total. The van der Waals surface area contributed by atoms with Crippen molar-refractivity contribution in [1.29, 1.82) is 0 Å². The van der Waals surface area contributed by atoms with Gasteiger partial charge in [-0.05, 0) is 64.8 Å². The highest BCUT2D eigenvalue weighted by Gasteiger charge is 2.15. The van der Waals surface area contributed by atoms with Gasteiger partial charge in [-0.15, -0.1) is 12.3 Å². The van der Waals surface area contributed by atoms with Gasteiger partial charge in [0, 0.05) is 6.42 Å². The van der Waals surface area contributed by atoms with Crippen molar-refractivity contribution in [2.45, 2.75) is 32.1 Å². The van der Waals surface area contributed by atoms with Crippen LogP contribution in [0.4, 0.5) is 0 Å². The zero-order chi connectivity index (χ0) is 10.9. The first-order chi connectivity index (χ1) is 7.33. The first kappa shape index (κ1) is 12.5. The van der Waals surface area contributed by atoms with E-state index in [-0.39, 0.29) is 0 Å². The molecular formula is C13H24N2. The van der Waals surface area contributed by atoms with Gasteiger partial charge in [-0.2, -0.15) is 0 Å². The van der Waals surface area contributed by atoms with Crippen LogP contribution in [-0.4, -0.2) is 38.1 Å². The van der Waals surface area contributed by atoms with Crippen LogP contribution in [0, 0.1) is 18.3 Å². The van der Waals surface area contributed by atoms with Crippen molar-refractivity contribution in [3.05, 3.63) is 0 Å². The van der Waals surface area contributed by atoms with Crippen molar-refractivity contribution in [3.8, 4) is 12.3 Å². The van der Waals surface area contributed by atoms with Crippen LogP contribution < -0.4 is 5.32 Å². The molecule has 1 rings (SSSR count). The van der Waals surface area contributed by atoms with E-state index in [2.05, 4.69) is 23.2 Å². The molecule has 1 fully saturated rings. The fourth-order valence-corrected chi connectivity index (χ4v) is 2.05. The van der Waals surface area contributed by atoms with Gasteiger partial charge in [-0.25, -0.2) is 0 Å². The summed E-state index contributed by atoms with van der Waals surface area (Å²) in [5.74, 6) is 3.58. The predicted octanol–water partition coefficient (Wildman–Crippen LogP) is 1.72. The first-order valence-electron chi connectivity index (χ1n) is 6.15. The molecule has 1 heterocycles. The number of likely N-dealkylation sites (tertiary alicyclic amines) is 1. The van der Waals surface area contributed by atoms with E-state index >= 15 is 0 Å². The Kier molecular flexibility index (Phi) is 6.47. The maximum Gasteiger partial charge on any atom is 0.00865 e. The molecule has 1 N–H and O–H groups in total. The monoisotopic (exact) mass is 208 g/mol. The molecule has 86 valence electrons. The molecule has 0 radical (unpaired) electrons. The smallest absolute Gasteiger partial charge is 0.00865 e. The summed E-state index contributed by atoms with van der Waals surface area (Å²) in [4.78, 5) is 2.42. The lowest BCUT2D eigenvalue weighted by Gasteiger charge is -2.29. The van der Waals surface area contributed by atoms with Crippen molar-refractivity contribution in [2.75, 3.05) is 33.2 Å². The van der Waals surface area contributed by atoms with Crippen molar-refractivity contribution in [1.82, 2.24) is 10.2 Å². The van der Waals surface area contributed by atoms with Gasteiger partial charge in [-0.3, -0.25) is 0 Å². The van der Waals surface area contributed by atoms with E-state index in [4.69, 9.17) is 6.42 Å². The number of hydrogen-bond donors (Lipinski definition) is 1. The predicted molar refractivity (Wildman–Crippen MR) is 65.8 cm³/mol. The van der Waals surface area contributed by atoms with Crippen LogP contribution in [0.25, 0.3) is 0 Å². The fourth-order valence-electron chi connectivity index (χ4n) is 2.05. The van der Waals surface area contributed by atoms with Gasteiger partial charge in [0.05, 0.1) is 0 Å². The summed E-state index contributed by atoms with van der Waals surface area (Å²) >= 11 is 0.